The zero-order chi connectivity index (χ0) is 24.8. The summed E-state index contributed by atoms with van der Waals surface area (Å²) in [4.78, 5) is 47.0. The Morgan fingerprint density at radius 2 is 1.59 bits per heavy atom. The van der Waals surface area contributed by atoms with Crippen LogP contribution in [0.1, 0.15) is 21.5 Å². The fourth-order valence-corrected chi connectivity index (χ4v) is 3.40. The van der Waals surface area contributed by atoms with Crippen LogP contribution in [0.25, 0.3) is 6.08 Å². The minimum absolute atomic E-state index is 0.180. The molecular weight excluding hydrogens is 508 g/mol. The lowest BCUT2D eigenvalue weighted by molar-refractivity contribution is -0.385. The summed E-state index contributed by atoms with van der Waals surface area (Å²) >= 11 is 3.28. The van der Waals surface area contributed by atoms with Crippen LogP contribution in [0.4, 0.5) is 17.1 Å². The summed E-state index contributed by atoms with van der Waals surface area (Å²) in [5, 5.41) is 27.3. The molecule has 172 valence electrons. The van der Waals surface area contributed by atoms with Gasteiger partial charge in [0.1, 0.15) is 5.70 Å². The van der Waals surface area contributed by atoms with Gasteiger partial charge in [-0.3, -0.25) is 29.8 Å². The van der Waals surface area contributed by atoms with Crippen LogP contribution < -0.4 is 10.6 Å². The largest absolute Gasteiger partial charge is 0.320 e. The van der Waals surface area contributed by atoms with Gasteiger partial charge in [-0.2, -0.15) is 0 Å². The maximum atomic E-state index is 13.1. The summed E-state index contributed by atoms with van der Waals surface area (Å²) in [5.41, 5.74) is 0.661. The summed E-state index contributed by atoms with van der Waals surface area (Å²) in [6, 6.07) is 16.1. The standard InChI is InChI=1S/C23H17BrN4O6/c1-14-9-10-17(28(33)34)13-20(14)25-23(30)21(12-15-5-4-6-16(11-15)27(31)32)26-22(29)18-7-2-3-8-19(18)24/h2-13H,1H3,(H,25,30)(H,26,29)/b21-12-. The topological polar surface area (TPSA) is 144 Å². The molecule has 0 unspecified atom stereocenters. The molecule has 10 nitrogen and oxygen atoms in total. The number of rotatable bonds is 7. The monoisotopic (exact) mass is 524 g/mol. The average Bonchev–Trinajstić information content (AvgIpc) is 2.80. The van der Waals surface area contributed by atoms with Crippen molar-refractivity contribution in [2.45, 2.75) is 6.92 Å². The number of aryl methyl sites for hydroxylation is 1. The fourth-order valence-electron chi connectivity index (χ4n) is 2.94. The SMILES string of the molecule is Cc1ccc([N+](=O)[O-])cc1NC(=O)/C(=C/c1cccc([N+](=O)[O-])c1)NC(=O)c1ccccc1Br. The minimum Gasteiger partial charge on any atom is -0.320 e. The maximum absolute atomic E-state index is 13.1. The van der Waals surface area contributed by atoms with Crippen LogP contribution >= 0.6 is 15.9 Å². The molecule has 0 aliphatic rings. The highest BCUT2D eigenvalue weighted by molar-refractivity contribution is 9.10. The number of benzene rings is 3. The van der Waals surface area contributed by atoms with Crippen LogP contribution in [-0.4, -0.2) is 21.7 Å². The van der Waals surface area contributed by atoms with Crippen molar-refractivity contribution >= 4 is 50.9 Å². The number of hydrogen-bond donors (Lipinski definition) is 2. The van der Waals surface area contributed by atoms with Crippen LogP contribution in [-0.2, 0) is 4.79 Å². The highest BCUT2D eigenvalue weighted by Gasteiger charge is 2.19. The Morgan fingerprint density at radius 3 is 2.26 bits per heavy atom. The first kappa shape index (κ1) is 24.3. The van der Waals surface area contributed by atoms with Crippen molar-refractivity contribution in [3.05, 3.63) is 114 Å². The number of carbonyl (C=O) groups is 2. The number of amides is 2. The molecule has 34 heavy (non-hydrogen) atoms. The third kappa shape index (κ3) is 5.90. The van der Waals surface area contributed by atoms with Gasteiger partial charge in [0, 0.05) is 28.7 Å². The van der Waals surface area contributed by atoms with Crippen molar-refractivity contribution in [3.8, 4) is 0 Å². The molecule has 2 N–H and O–H groups in total. The Kier molecular flexibility index (Phi) is 7.49. The number of nitro groups is 2. The van der Waals surface area contributed by atoms with E-state index in [1.807, 2.05) is 0 Å². The van der Waals surface area contributed by atoms with Crippen molar-refractivity contribution in [2.24, 2.45) is 0 Å². The summed E-state index contributed by atoms with van der Waals surface area (Å²) in [6.07, 6.45) is 1.28. The second-order valence-corrected chi connectivity index (χ2v) is 7.91. The molecule has 0 aromatic heterocycles. The lowest BCUT2D eigenvalue weighted by Crippen LogP contribution is -2.31. The van der Waals surface area contributed by atoms with Crippen molar-refractivity contribution < 1.29 is 19.4 Å². The van der Waals surface area contributed by atoms with Crippen molar-refractivity contribution in [3.63, 3.8) is 0 Å². The van der Waals surface area contributed by atoms with Gasteiger partial charge in [0.15, 0.2) is 0 Å². The maximum Gasteiger partial charge on any atom is 0.272 e. The van der Waals surface area contributed by atoms with E-state index in [-0.39, 0.29) is 28.3 Å². The van der Waals surface area contributed by atoms with Crippen LogP contribution in [0.5, 0.6) is 0 Å². The molecule has 0 saturated heterocycles. The molecule has 0 radical (unpaired) electrons. The quantitative estimate of drug-likeness (QED) is 0.253. The van der Waals surface area contributed by atoms with Crippen molar-refractivity contribution in [2.75, 3.05) is 5.32 Å². The van der Waals surface area contributed by atoms with E-state index in [9.17, 15) is 29.8 Å². The first-order chi connectivity index (χ1) is 16.2. The Labute approximate surface area is 201 Å². The normalized spacial score (nSPS) is 10.9. The molecule has 0 fully saturated rings. The van der Waals surface area contributed by atoms with Gasteiger partial charge >= 0.3 is 0 Å². The molecule has 3 rings (SSSR count). The molecule has 0 aliphatic carbocycles. The molecular formula is C23H17BrN4O6. The second kappa shape index (κ2) is 10.5. The van der Waals surface area contributed by atoms with Gasteiger partial charge in [-0.25, -0.2) is 0 Å². The molecule has 0 spiro atoms. The van der Waals surface area contributed by atoms with Crippen molar-refractivity contribution in [1.29, 1.82) is 0 Å². The van der Waals surface area contributed by atoms with E-state index in [0.29, 0.717) is 15.6 Å². The molecule has 0 saturated carbocycles. The fraction of sp³-hybridized carbons (Fsp3) is 0.0435. The molecule has 2 amide bonds. The highest BCUT2D eigenvalue weighted by Crippen LogP contribution is 2.23. The van der Waals surface area contributed by atoms with Crippen molar-refractivity contribution in [1.82, 2.24) is 5.32 Å². The summed E-state index contributed by atoms with van der Waals surface area (Å²) < 4.78 is 0.497. The van der Waals surface area contributed by atoms with Crippen LogP contribution in [0.2, 0.25) is 0 Å². The molecule has 3 aromatic carbocycles. The zero-order valence-corrected chi connectivity index (χ0v) is 19.2. The van der Waals surface area contributed by atoms with Gasteiger partial charge in [-0.15, -0.1) is 0 Å². The first-order valence-corrected chi connectivity index (χ1v) is 10.5. The van der Waals surface area contributed by atoms with Crippen LogP contribution in [0.3, 0.4) is 0 Å². The highest BCUT2D eigenvalue weighted by atomic mass is 79.9. The number of anilines is 1. The Balaban J connectivity index is 2.00. The molecule has 0 atom stereocenters. The number of nitrogens with one attached hydrogen (secondary N) is 2. The van der Waals surface area contributed by atoms with Crippen LogP contribution in [0, 0.1) is 27.2 Å². The minimum atomic E-state index is -0.768. The van der Waals surface area contributed by atoms with Gasteiger partial charge in [0.25, 0.3) is 23.2 Å². The number of hydrogen-bond acceptors (Lipinski definition) is 6. The van der Waals surface area contributed by atoms with E-state index in [1.165, 1.54) is 48.5 Å². The van der Waals surface area contributed by atoms with Gasteiger partial charge in [-0.1, -0.05) is 30.3 Å². The van der Waals surface area contributed by atoms with E-state index < -0.39 is 21.7 Å². The molecule has 0 bridgehead atoms. The molecule has 0 heterocycles. The summed E-state index contributed by atoms with van der Waals surface area (Å²) in [5.74, 6) is -1.37. The second-order valence-electron chi connectivity index (χ2n) is 7.05. The van der Waals surface area contributed by atoms with Crippen LogP contribution in [0.15, 0.2) is 76.9 Å². The summed E-state index contributed by atoms with van der Waals surface area (Å²) in [6.45, 7) is 1.66. The van der Waals surface area contributed by atoms with Gasteiger partial charge in [-0.05, 0) is 52.2 Å². The number of non-ortho nitro benzene ring substituents is 2. The zero-order valence-electron chi connectivity index (χ0n) is 17.7. The number of carbonyl (C=O) groups excluding carboxylic acids is 2. The van der Waals surface area contributed by atoms with E-state index in [4.69, 9.17) is 0 Å². The van der Waals surface area contributed by atoms with Gasteiger partial charge in [0.05, 0.1) is 21.1 Å². The van der Waals surface area contributed by atoms with E-state index >= 15 is 0 Å². The van der Waals surface area contributed by atoms with Gasteiger partial charge < -0.3 is 10.6 Å². The van der Waals surface area contributed by atoms with E-state index in [2.05, 4.69) is 26.6 Å². The third-order valence-electron chi connectivity index (χ3n) is 4.68. The predicted octanol–water partition coefficient (Wildman–Crippen LogP) is 4.98. The average molecular weight is 525 g/mol. The first-order valence-electron chi connectivity index (χ1n) is 9.74. The third-order valence-corrected chi connectivity index (χ3v) is 5.38. The summed E-state index contributed by atoms with van der Waals surface area (Å²) in [7, 11) is 0. The lowest BCUT2D eigenvalue weighted by atomic mass is 10.1. The number of halogens is 1. The Bertz CT molecular complexity index is 1340. The molecule has 0 aliphatic heterocycles. The van der Waals surface area contributed by atoms with E-state index in [1.54, 1.807) is 31.2 Å². The predicted molar refractivity (Wildman–Crippen MR) is 129 cm³/mol. The Morgan fingerprint density at radius 1 is 0.912 bits per heavy atom. The van der Waals surface area contributed by atoms with E-state index in [0.717, 1.165) is 0 Å². The smallest absolute Gasteiger partial charge is 0.272 e. The number of nitrogens with zero attached hydrogens (tertiary/aromatic N) is 2. The number of nitro benzene ring substituents is 2. The Hall–Kier alpha value is -4.38. The van der Waals surface area contributed by atoms with Gasteiger partial charge in [0.2, 0.25) is 0 Å². The molecule has 3 aromatic rings. The molecule has 11 heteroatoms. The lowest BCUT2D eigenvalue weighted by Gasteiger charge is -2.13.